The zero-order valence-corrected chi connectivity index (χ0v) is 15.0. The van der Waals surface area contributed by atoms with Crippen LogP contribution < -0.4 is 10.6 Å². The van der Waals surface area contributed by atoms with E-state index in [0.717, 1.165) is 35.3 Å². The van der Waals surface area contributed by atoms with Crippen LogP contribution in [0.5, 0.6) is 0 Å². The van der Waals surface area contributed by atoms with E-state index in [4.69, 9.17) is 0 Å². The average molecular weight is 343 g/mol. The Morgan fingerprint density at radius 3 is 2.80 bits per heavy atom. The first-order valence-electron chi connectivity index (χ1n) is 8.85. The van der Waals surface area contributed by atoms with Gasteiger partial charge in [-0.15, -0.1) is 0 Å². The van der Waals surface area contributed by atoms with Crippen LogP contribution in [0.25, 0.3) is 0 Å². The average Bonchev–Trinajstić information content (AvgIpc) is 2.80. The lowest BCUT2D eigenvalue weighted by atomic mass is 9.73. The third-order valence-corrected chi connectivity index (χ3v) is 5.68. The van der Waals surface area contributed by atoms with Crippen LogP contribution in [0.2, 0.25) is 0 Å². The Balaban J connectivity index is 1.72. The summed E-state index contributed by atoms with van der Waals surface area (Å²) in [6.07, 6.45) is 3.54. The SMILES string of the molecule is Cc1cccc(NC(=O)CN2C(=O)NC3(CCCCC3C)C2=O)c1C. The largest absolute Gasteiger partial charge is 0.325 e. The van der Waals surface area contributed by atoms with Crippen molar-refractivity contribution in [2.24, 2.45) is 5.92 Å². The van der Waals surface area contributed by atoms with Gasteiger partial charge in [0.05, 0.1) is 0 Å². The number of amides is 4. The Bertz CT molecular complexity index is 731. The molecule has 3 rings (SSSR count). The molecule has 1 saturated heterocycles. The quantitative estimate of drug-likeness (QED) is 0.828. The molecule has 0 aromatic heterocycles. The Hall–Kier alpha value is -2.37. The highest BCUT2D eigenvalue weighted by Gasteiger charge is 2.55. The first-order chi connectivity index (χ1) is 11.8. The number of anilines is 1. The van der Waals surface area contributed by atoms with Gasteiger partial charge in [0.25, 0.3) is 5.91 Å². The molecule has 2 fully saturated rings. The van der Waals surface area contributed by atoms with Crippen LogP contribution in [0.3, 0.4) is 0 Å². The number of benzene rings is 1. The Labute approximate surface area is 148 Å². The maximum Gasteiger partial charge on any atom is 0.325 e. The fourth-order valence-electron chi connectivity index (χ4n) is 3.86. The van der Waals surface area contributed by atoms with Crippen LogP contribution in [0.15, 0.2) is 18.2 Å². The lowest BCUT2D eigenvalue weighted by molar-refractivity contribution is -0.136. The first kappa shape index (κ1) is 17.5. The van der Waals surface area contributed by atoms with Gasteiger partial charge in [0.2, 0.25) is 5.91 Å². The molecule has 1 aliphatic heterocycles. The minimum Gasteiger partial charge on any atom is -0.324 e. The highest BCUT2D eigenvalue weighted by molar-refractivity contribution is 6.10. The molecule has 1 saturated carbocycles. The zero-order chi connectivity index (χ0) is 18.2. The van der Waals surface area contributed by atoms with Gasteiger partial charge in [0, 0.05) is 5.69 Å². The summed E-state index contributed by atoms with van der Waals surface area (Å²) in [5.74, 6) is -0.539. The van der Waals surface area contributed by atoms with Gasteiger partial charge in [-0.2, -0.15) is 0 Å². The molecule has 0 radical (unpaired) electrons. The van der Waals surface area contributed by atoms with Gasteiger partial charge in [0.15, 0.2) is 0 Å². The van der Waals surface area contributed by atoms with Crippen LogP contribution in [-0.2, 0) is 9.59 Å². The van der Waals surface area contributed by atoms with Crippen molar-refractivity contribution in [3.05, 3.63) is 29.3 Å². The van der Waals surface area contributed by atoms with Crippen LogP contribution in [0, 0.1) is 19.8 Å². The molecular weight excluding hydrogens is 318 g/mol. The second-order valence-electron chi connectivity index (χ2n) is 7.24. The van der Waals surface area contributed by atoms with Crippen molar-refractivity contribution >= 4 is 23.5 Å². The summed E-state index contributed by atoms with van der Waals surface area (Å²) >= 11 is 0. The number of imide groups is 1. The molecule has 6 heteroatoms. The Morgan fingerprint density at radius 2 is 2.08 bits per heavy atom. The van der Waals surface area contributed by atoms with Gasteiger partial charge in [0.1, 0.15) is 12.1 Å². The monoisotopic (exact) mass is 343 g/mol. The van der Waals surface area contributed by atoms with Gasteiger partial charge in [-0.1, -0.05) is 31.9 Å². The maximum absolute atomic E-state index is 12.9. The standard InChI is InChI=1S/C19H25N3O3/c1-12-7-6-9-15(14(12)3)20-16(23)11-22-17(24)19(21-18(22)25)10-5-4-8-13(19)2/h6-7,9,13H,4-5,8,10-11H2,1-3H3,(H,20,23)(H,21,25). The second-order valence-corrected chi connectivity index (χ2v) is 7.24. The number of aryl methyl sites for hydroxylation is 1. The van der Waals surface area contributed by atoms with Crippen LogP contribution >= 0.6 is 0 Å². The molecule has 2 N–H and O–H groups in total. The molecule has 2 unspecified atom stereocenters. The van der Waals surface area contributed by atoms with E-state index in [1.165, 1.54) is 0 Å². The topological polar surface area (TPSA) is 78.5 Å². The summed E-state index contributed by atoms with van der Waals surface area (Å²) in [5.41, 5.74) is 1.93. The lowest BCUT2D eigenvalue weighted by Crippen LogP contribution is -2.54. The molecule has 25 heavy (non-hydrogen) atoms. The van der Waals surface area contributed by atoms with Crippen molar-refractivity contribution in [2.45, 2.75) is 52.0 Å². The summed E-state index contributed by atoms with van der Waals surface area (Å²) < 4.78 is 0. The predicted octanol–water partition coefficient (Wildman–Crippen LogP) is 2.74. The normalized spacial score (nSPS) is 26.0. The molecule has 1 aliphatic carbocycles. The molecule has 0 bridgehead atoms. The maximum atomic E-state index is 12.9. The molecule has 134 valence electrons. The molecule has 1 aromatic carbocycles. The molecule has 1 spiro atoms. The summed E-state index contributed by atoms with van der Waals surface area (Å²) in [4.78, 5) is 38.7. The predicted molar refractivity (Wildman–Crippen MR) is 95.2 cm³/mol. The number of urea groups is 1. The summed E-state index contributed by atoms with van der Waals surface area (Å²) in [7, 11) is 0. The number of carbonyl (C=O) groups excluding carboxylic acids is 3. The van der Waals surface area contributed by atoms with E-state index in [-0.39, 0.29) is 24.3 Å². The van der Waals surface area contributed by atoms with Crippen LogP contribution in [0.4, 0.5) is 10.5 Å². The number of nitrogens with zero attached hydrogens (tertiary/aromatic N) is 1. The minimum atomic E-state index is -0.825. The smallest absolute Gasteiger partial charge is 0.324 e. The number of hydrogen-bond acceptors (Lipinski definition) is 3. The molecular formula is C19H25N3O3. The van der Waals surface area contributed by atoms with Crippen LogP contribution in [-0.4, -0.2) is 34.8 Å². The fraction of sp³-hybridized carbons (Fsp3) is 0.526. The number of carbonyl (C=O) groups is 3. The second kappa shape index (κ2) is 6.50. The highest BCUT2D eigenvalue weighted by Crippen LogP contribution is 2.38. The number of rotatable bonds is 3. The molecule has 6 nitrogen and oxygen atoms in total. The molecule has 2 aliphatic rings. The third kappa shape index (κ3) is 3.01. The van der Waals surface area contributed by atoms with Gasteiger partial charge in [-0.05, 0) is 49.8 Å². The zero-order valence-electron chi connectivity index (χ0n) is 15.0. The van der Waals surface area contributed by atoms with Gasteiger partial charge in [-0.3, -0.25) is 14.5 Å². The third-order valence-electron chi connectivity index (χ3n) is 5.68. The first-order valence-corrected chi connectivity index (χ1v) is 8.85. The number of hydrogen-bond donors (Lipinski definition) is 2. The van der Waals surface area contributed by atoms with E-state index in [0.29, 0.717) is 12.1 Å². The van der Waals surface area contributed by atoms with Crippen molar-refractivity contribution in [3.63, 3.8) is 0 Å². The Morgan fingerprint density at radius 1 is 1.32 bits per heavy atom. The van der Waals surface area contributed by atoms with Crippen molar-refractivity contribution in [3.8, 4) is 0 Å². The van der Waals surface area contributed by atoms with Crippen molar-refractivity contribution in [2.75, 3.05) is 11.9 Å². The van der Waals surface area contributed by atoms with E-state index in [1.807, 2.05) is 39.0 Å². The minimum absolute atomic E-state index is 0.0878. The lowest BCUT2D eigenvalue weighted by Gasteiger charge is -2.36. The van der Waals surface area contributed by atoms with E-state index < -0.39 is 11.6 Å². The summed E-state index contributed by atoms with van der Waals surface area (Å²) in [5, 5.41) is 5.67. The van der Waals surface area contributed by atoms with E-state index in [1.54, 1.807) is 0 Å². The van der Waals surface area contributed by atoms with Crippen LogP contribution in [0.1, 0.15) is 43.7 Å². The van der Waals surface area contributed by atoms with E-state index in [2.05, 4.69) is 10.6 Å². The van der Waals surface area contributed by atoms with Crippen molar-refractivity contribution in [1.29, 1.82) is 0 Å². The highest BCUT2D eigenvalue weighted by atomic mass is 16.2. The van der Waals surface area contributed by atoms with Crippen molar-refractivity contribution in [1.82, 2.24) is 10.2 Å². The number of nitrogens with one attached hydrogen (secondary N) is 2. The fourth-order valence-corrected chi connectivity index (χ4v) is 3.86. The molecule has 1 heterocycles. The van der Waals surface area contributed by atoms with Gasteiger partial charge < -0.3 is 10.6 Å². The van der Waals surface area contributed by atoms with Gasteiger partial charge >= 0.3 is 6.03 Å². The molecule has 2 atom stereocenters. The van der Waals surface area contributed by atoms with E-state index in [9.17, 15) is 14.4 Å². The Kier molecular flexibility index (Phi) is 4.54. The summed E-state index contributed by atoms with van der Waals surface area (Å²) in [6, 6.07) is 5.19. The molecule has 1 aromatic rings. The van der Waals surface area contributed by atoms with E-state index >= 15 is 0 Å². The molecule has 4 amide bonds. The van der Waals surface area contributed by atoms with Gasteiger partial charge in [-0.25, -0.2) is 4.79 Å². The van der Waals surface area contributed by atoms with Crippen molar-refractivity contribution < 1.29 is 14.4 Å². The summed E-state index contributed by atoms with van der Waals surface area (Å²) in [6.45, 7) is 5.64.